The Hall–Kier alpha value is -1.86. The van der Waals surface area contributed by atoms with E-state index in [0.29, 0.717) is 5.09 Å². The van der Waals surface area contributed by atoms with Crippen molar-refractivity contribution < 1.29 is 19.1 Å². The summed E-state index contributed by atoms with van der Waals surface area (Å²) in [5.41, 5.74) is 0.746. The predicted molar refractivity (Wildman–Crippen MR) is 91.2 cm³/mol. The predicted octanol–water partition coefficient (Wildman–Crippen LogP) is 3.67. The zero-order valence-corrected chi connectivity index (χ0v) is 14.4. The van der Waals surface area contributed by atoms with E-state index in [1.807, 2.05) is 36.8 Å². The highest BCUT2D eigenvalue weighted by atomic mass is 32.2. The van der Waals surface area contributed by atoms with Gasteiger partial charge < -0.3 is 14.8 Å². The summed E-state index contributed by atoms with van der Waals surface area (Å²) in [6.45, 7) is 0. The fourth-order valence-corrected chi connectivity index (χ4v) is 2.83. The van der Waals surface area contributed by atoms with Crippen LogP contribution in [0.5, 0.6) is 0 Å². The summed E-state index contributed by atoms with van der Waals surface area (Å²) in [6.07, 6.45) is 3.62. The summed E-state index contributed by atoms with van der Waals surface area (Å²) in [6, 6.07) is 10.1. The minimum Gasteiger partial charge on any atom is -0.481 e. The molecule has 1 heterocycles. The van der Waals surface area contributed by atoms with E-state index in [4.69, 9.17) is 9.52 Å². The van der Waals surface area contributed by atoms with Crippen molar-refractivity contribution in [3.8, 4) is 0 Å². The van der Waals surface area contributed by atoms with Gasteiger partial charge in [-0.1, -0.05) is 23.9 Å². The monoisotopic (exact) mass is 351 g/mol. The normalized spacial score (nSPS) is 11.9. The van der Waals surface area contributed by atoms with Gasteiger partial charge >= 0.3 is 5.97 Å². The third-order valence-corrected chi connectivity index (χ3v) is 4.57. The fraction of sp³-hybridized carbons (Fsp3) is 0.250. The van der Waals surface area contributed by atoms with E-state index in [1.165, 1.54) is 11.8 Å². The van der Waals surface area contributed by atoms with Crippen molar-refractivity contribution in [2.45, 2.75) is 22.5 Å². The van der Waals surface area contributed by atoms with Crippen molar-refractivity contribution >= 4 is 35.4 Å². The molecule has 1 aromatic heterocycles. The molecule has 0 fully saturated rings. The molecular weight excluding hydrogens is 334 g/mol. The lowest BCUT2D eigenvalue weighted by Gasteiger charge is -2.17. The summed E-state index contributed by atoms with van der Waals surface area (Å²) in [7, 11) is 0. The van der Waals surface area contributed by atoms with Gasteiger partial charge in [-0.25, -0.2) is 0 Å². The second-order valence-electron chi connectivity index (χ2n) is 4.72. The maximum Gasteiger partial charge on any atom is 0.305 e. The molecule has 0 aliphatic heterocycles. The van der Waals surface area contributed by atoms with E-state index in [-0.39, 0.29) is 12.2 Å². The molecule has 0 spiro atoms. The van der Waals surface area contributed by atoms with Gasteiger partial charge in [0, 0.05) is 4.90 Å². The number of hydrogen-bond donors (Lipinski definition) is 2. The second-order valence-corrected chi connectivity index (χ2v) is 6.41. The van der Waals surface area contributed by atoms with Crippen LogP contribution in [0.1, 0.15) is 28.6 Å². The number of carbonyl (C=O) groups excluding carboxylic acids is 1. The van der Waals surface area contributed by atoms with Crippen LogP contribution in [0.3, 0.4) is 0 Å². The van der Waals surface area contributed by atoms with Crippen LogP contribution in [-0.4, -0.2) is 29.5 Å². The van der Waals surface area contributed by atoms with E-state index in [9.17, 15) is 9.59 Å². The van der Waals surface area contributed by atoms with E-state index < -0.39 is 17.9 Å². The molecule has 0 saturated heterocycles. The van der Waals surface area contributed by atoms with Crippen molar-refractivity contribution in [1.29, 1.82) is 0 Å². The smallest absolute Gasteiger partial charge is 0.305 e. The summed E-state index contributed by atoms with van der Waals surface area (Å²) in [5, 5.41) is 12.4. The first-order valence-electron chi connectivity index (χ1n) is 6.84. The zero-order valence-electron chi connectivity index (χ0n) is 12.7. The van der Waals surface area contributed by atoms with Gasteiger partial charge in [-0.3, -0.25) is 9.59 Å². The molecule has 0 aliphatic carbocycles. The van der Waals surface area contributed by atoms with Crippen molar-refractivity contribution in [2.75, 3.05) is 12.5 Å². The Morgan fingerprint density at radius 1 is 1.13 bits per heavy atom. The van der Waals surface area contributed by atoms with Gasteiger partial charge in [0.25, 0.3) is 5.91 Å². The number of aliphatic carboxylic acids is 1. The van der Waals surface area contributed by atoms with Crippen molar-refractivity contribution in [3.63, 3.8) is 0 Å². The number of thioether (sulfide) groups is 2. The lowest BCUT2D eigenvalue weighted by Crippen LogP contribution is -2.29. The molecule has 23 heavy (non-hydrogen) atoms. The van der Waals surface area contributed by atoms with Gasteiger partial charge in [0.1, 0.15) is 0 Å². The molecule has 1 atom stereocenters. The Balaban J connectivity index is 2.17. The first-order chi connectivity index (χ1) is 11.0. The maximum atomic E-state index is 12.3. The Kier molecular flexibility index (Phi) is 6.18. The zero-order chi connectivity index (χ0) is 16.8. The highest BCUT2D eigenvalue weighted by molar-refractivity contribution is 7.98. The fourth-order valence-electron chi connectivity index (χ4n) is 2.04. The number of carboxylic acids is 1. The molecule has 1 unspecified atom stereocenters. The molecule has 122 valence electrons. The largest absolute Gasteiger partial charge is 0.481 e. The third-order valence-electron chi connectivity index (χ3n) is 3.21. The van der Waals surface area contributed by atoms with Crippen LogP contribution in [0.25, 0.3) is 0 Å². The lowest BCUT2D eigenvalue weighted by molar-refractivity contribution is -0.137. The van der Waals surface area contributed by atoms with Crippen LogP contribution in [-0.2, 0) is 4.79 Å². The van der Waals surface area contributed by atoms with Gasteiger partial charge in [-0.05, 0) is 42.3 Å². The van der Waals surface area contributed by atoms with Gasteiger partial charge in [0.2, 0.25) is 0 Å². The van der Waals surface area contributed by atoms with E-state index in [2.05, 4.69) is 5.32 Å². The summed E-state index contributed by atoms with van der Waals surface area (Å²) < 4.78 is 5.37. The van der Waals surface area contributed by atoms with E-state index in [1.54, 1.807) is 23.9 Å². The van der Waals surface area contributed by atoms with Crippen LogP contribution in [0.2, 0.25) is 0 Å². The second kappa shape index (κ2) is 8.12. The van der Waals surface area contributed by atoms with Crippen molar-refractivity contribution in [2.24, 2.45) is 0 Å². The average molecular weight is 351 g/mol. The summed E-state index contributed by atoms with van der Waals surface area (Å²) >= 11 is 2.99. The van der Waals surface area contributed by atoms with Crippen LogP contribution >= 0.6 is 23.5 Å². The van der Waals surface area contributed by atoms with Crippen LogP contribution in [0.15, 0.2) is 50.8 Å². The SMILES string of the molecule is CSc1ccc(C(CC(=O)O)NC(=O)c2ccc(SC)o2)cc1. The van der Waals surface area contributed by atoms with Crippen molar-refractivity contribution in [3.05, 3.63) is 47.7 Å². The van der Waals surface area contributed by atoms with E-state index in [0.717, 1.165) is 10.5 Å². The number of rotatable bonds is 7. The molecule has 5 nitrogen and oxygen atoms in total. The summed E-state index contributed by atoms with van der Waals surface area (Å²) in [4.78, 5) is 24.4. The minimum absolute atomic E-state index is 0.172. The standard InChI is InChI=1S/C16H17NO4S2/c1-22-11-5-3-10(4-6-11)12(9-14(18)19)17-16(20)13-7-8-15(21-13)23-2/h3-8,12H,9H2,1-2H3,(H,17,20)(H,18,19). The topological polar surface area (TPSA) is 79.5 Å². The lowest BCUT2D eigenvalue weighted by atomic mass is 10.0. The number of nitrogens with one attached hydrogen (secondary N) is 1. The highest BCUT2D eigenvalue weighted by Crippen LogP contribution is 2.23. The van der Waals surface area contributed by atoms with Gasteiger partial charge in [0.15, 0.2) is 10.9 Å². The van der Waals surface area contributed by atoms with Gasteiger partial charge in [-0.2, -0.15) is 0 Å². The van der Waals surface area contributed by atoms with E-state index >= 15 is 0 Å². The summed E-state index contributed by atoms with van der Waals surface area (Å²) in [5.74, 6) is -1.23. The Morgan fingerprint density at radius 3 is 2.35 bits per heavy atom. The molecule has 1 aromatic carbocycles. The molecule has 1 amide bonds. The molecule has 0 aliphatic rings. The molecule has 0 bridgehead atoms. The van der Waals surface area contributed by atoms with Crippen molar-refractivity contribution in [1.82, 2.24) is 5.32 Å². The Labute approximate surface area is 142 Å². The number of carbonyl (C=O) groups is 2. The Bertz CT molecular complexity index is 682. The average Bonchev–Trinajstić information content (AvgIpc) is 3.03. The number of carboxylic acid groups (broad SMARTS) is 1. The quantitative estimate of drug-likeness (QED) is 0.741. The minimum atomic E-state index is -0.978. The first-order valence-corrected chi connectivity index (χ1v) is 9.29. The Morgan fingerprint density at radius 2 is 1.83 bits per heavy atom. The molecular formula is C16H17NO4S2. The molecule has 2 rings (SSSR count). The molecule has 2 N–H and O–H groups in total. The number of hydrogen-bond acceptors (Lipinski definition) is 5. The van der Waals surface area contributed by atoms with Crippen LogP contribution in [0, 0.1) is 0 Å². The molecule has 7 heteroatoms. The highest BCUT2D eigenvalue weighted by Gasteiger charge is 2.20. The van der Waals surface area contributed by atoms with Crippen LogP contribution in [0.4, 0.5) is 0 Å². The number of benzene rings is 1. The first kappa shape index (κ1) is 17.5. The van der Waals surface area contributed by atoms with Gasteiger partial charge in [0.05, 0.1) is 12.5 Å². The molecule has 0 radical (unpaired) electrons. The molecule has 0 saturated carbocycles. The van der Waals surface area contributed by atoms with Gasteiger partial charge in [-0.15, -0.1) is 11.8 Å². The third kappa shape index (κ3) is 4.80. The number of amides is 1. The van der Waals surface area contributed by atoms with Crippen LogP contribution < -0.4 is 5.32 Å². The maximum absolute atomic E-state index is 12.3. The number of furan rings is 1. The molecule has 2 aromatic rings.